The lowest BCUT2D eigenvalue weighted by Gasteiger charge is -2.15. The average molecular weight is 327 g/mol. The first kappa shape index (κ1) is 18.3. The van der Waals surface area contributed by atoms with E-state index < -0.39 is 0 Å². The van der Waals surface area contributed by atoms with Crippen LogP contribution in [-0.2, 0) is 13.0 Å². The van der Waals surface area contributed by atoms with Gasteiger partial charge in [0.25, 0.3) is 0 Å². The minimum atomic E-state index is 0.209. The van der Waals surface area contributed by atoms with Crippen molar-refractivity contribution in [2.24, 2.45) is 5.73 Å². The quantitative estimate of drug-likeness (QED) is 0.773. The molecule has 0 aromatic heterocycles. The van der Waals surface area contributed by atoms with Gasteiger partial charge in [0.2, 0.25) is 0 Å². The van der Waals surface area contributed by atoms with Gasteiger partial charge >= 0.3 is 0 Å². The molecule has 2 N–H and O–H groups in total. The minimum absolute atomic E-state index is 0.209. The second-order valence-electron chi connectivity index (χ2n) is 6.45. The number of hydrogen-bond acceptors (Lipinski definition) is 3. The van der Waals surface area contributed by atoms with Gasteiger partial charge in [-0.1, -0.05) is 29.8 Å². The highest BCUT2D eigenvalue weighted by atomic mass is 16.5. The van der Waals surface area contributed by atoms with Crippen molar-refractivity contribution >= 4 is 0 Å². The Morgan fingerprint density at radius 2 is 1.79 bits per heavy atom. The fourth-order valence-corrected chi connectivity index (χ4v) is 2.60. The van der Waals surface area contributed by atoms with E-state index in [-0.39, 0.29) is 6.04 Å². The van der Waals surface area contributed by atoms with Crippen LogP contribution in [0.4, 0.5) is 0 Å². The van der Waals surface area contributed by atoms with Crippen molar-refractivity contribution in [2.75, 3.05) is 6.61 Å². The molecule has 2 aromatic rings. The molecule has 1 atom stereocenters. The Kier molecular flexibility index (Phi) is 6.68. The maximum Gasteiger partial charge on any atom is 0.161 e. The fourth-order valence-electron chi connectivity index (χ4n) is 2.60. The van der Waals surface area contributed by atoms with E-state index in [4.69, 9.17) is 15.2 Å². The van der Waals surface area contributed by atoms with Crippen molar-refractivity contribution in [1.82, 2.24) is 0 Å². The van der Waals surface area contributed by atoms with Gasteiger partial charge in [-0.15, -0.1) is 0 Å². The van der Waals surface area contributed by atoms with Crippen LogP contribution in [-0.4, -0.2) is 12.6 Å². The molecule has 3 heteroatoms. The Labute approximate surface area is 145 Å². The van der Waals surface area contributed by atoms with Gasteiger partial charge in [-0.05, 0) is 69.4 Å². The van der Waals surface area contributed by atoms with E-state index in [2.05, 4.69) is 44.2 Å². The topological polar surface area (TPSA) is 44.5 Å². The molecule has 0 aliphatic carbocycles. The minimum Gasteiger partial charge on any atom is -0.490 e. The summed E-state index contributed by atoms with van der Waals surface area (Å²) >= 11 is 0. The Balaban J connectivity index is 2.12. The zero-order chi connectivity index (χ0) is 17.5. The van der Waals surface area contributed by atoms with Gasteiger partial charge in [0, 0.05) is 6.04 Å². The third-order valence-electron chi connectivity index (χ3n) is 4.08. The zero-order valence-electron chi connectivity index (χ0n) is 15.3. The lowest BCUT2D eigenvalue weighted by molar-refractivity contribution is 0.268. The molecular weight excluding hydrogens is 298 g/mol. The van der Waals surface area contributed by atoms with E-state index in [9.17, 15) is 0 Å². The van der Waals surface area contributed by atoms with Crippen molar-refractivity contribution in [3.8, 4) is 11.5 Å². The summed E-state index contributed by atoms with van der Waals surface area (Å²) in [5.74, 6) is 1.60. The third kappa shape index (κ3) is 5.27. The summed E-state index contributed by atoms with van der Waals surface area (Å²) in [5, 5.41) is 0. The van der Waals surface area contributed by atoms with Gasteiger partial charge in [0.1, 0.15) is 6.61 Å². The van der Waals surface area contributed by atoms with Gasteiger partial charge < -0.3 is 15.2 Å². The second kappa shape index (κ2) is 8.74. The molecule has 24 heavy (non-hydrogen) atoms. The van der Waals surface area contributed by atoms with E-state index >= 15 is 0 Å². The molecule has 0 radical (unpaired) electrons. The largest absolute Gasteiger partial charge is 0.490 e. The first-order valence-electron chi connectivity index (χ1n) is 8.69. The monoisotopic (exact) mass is 327 g/mol. The fraction of sp³-hybridized carbons (Fsp3) is 0.429. The standard InChI is InChI=1S/C21H29NO2/c1-5-23-21-13-18(9-8-17(4)22)10-11-20(21)24-14-19-12-15(2)6-7-16(19)3/h6-7,10-13,17H,5,8-9,14,22H2,1-4H3. The summed E-state index contributed by atoms with van der Waals surface area (Å²) in [6.07, 6.45) is 1.92. The van der Waals surface area contributed by atoms with Crippen LogP contribution < -0.4 is 15.2 Å². The summed E-state index contributed by atoms with van der Waals surface area (Å²) < 4.78 is 11.8. The van der Waals surface area contributed by atoms with Crippen molar-refractivity contribution < 1.29 is 9.47 Å². The van der Waals surface area contributed by atoms with Crippen LogP contribution >= 0.6 is 0 Å². The molecule has 130 valence electrons. The van der Waals surface area contributed by atoms with Crippen molar-refractivity contribution in [2.45, 2.75) is 53.2 Å². The highest BCUT2D eigenvalue weighted by Crippen LogP contribution is 2.30. The molecular formula is C21H29NO2. The number of hydrogen-bond donors (Lipinski definition) is 1. The molecule has 0 amide bonds. The van der Waals surface area contributed by atoms with Crippen LogP contribution in [0.25, 0.3) is 0 Å². The van der Waals surface area contributed by atoms with Crippen molar-refractivity contribution in [3.63, 3.8) is 0 Å². The summed E-state index contributed by atoms with van der Waals surface area (Å²) in [4.78, 5) is 0. The summed E-state index contributed by atoms with van der Waals surface area (Å²) in [7, 11) is 0. The highest BCUT2D eigenvalue weighted by Gasteiger charge is 2.09. The Hall–Kier alpha value is -2.00. The number of nitrogens with two attached hydrogens (primary N) is 1. The molecule has 0 saturated carbocycles. The molecule has 2 aromatic carbocycles. The van der Waals surface area contributed by atoms with Crippen LogP contribution in [0.15, 0.2) is 36.4 Å². The van der Waals surface area contributed by atoms with Crippen LogP contribution in [0, 0.1) is 13.8 Å². The number of rotatable bonds is 8. The number of aryl methyl sites for hydroxylation is 3. The second-order valence-corrected chi connectivity index (χ2v) is 6.45. The molecule has 2 rings (SSSR count). The lowest BCUT2D eigenvalue weighted by Crippen LogP contribution is -2.15. The van der Waals surface area contributed by atoms with Gasteiger partial charge in [0.05, 0.1) is 6.61 Å². The first-order valence-corrected chi connectivity index (χ1v) is 8.69. The van der Waals surface area contributed by atoms with E-state index in [0.717, 1.165) is 24.3 Å². The smallest absolute Gasteiger partial charge is 0.161 e. The number of benzene rings is 2. The van der Waals surface area contributed by atoms with Gasteiger partial charge in [-0.3, -0.25) is 0 Å². The van der Waals surface area contributed by atoms with E-state index in [1.165, 1.54) is 22.3 Å². The number of ether oxygens (including phenoxy) is 2. The van der Waals surface area contributed by atoms with Crippen molar-refractivity contribution in [1.29, 1.82) is 0 Å². The molecule has 3 nitrogen and oxygen atoms in total. The van der Waals surface area contributed by atoms with Crippen LogP contribution in [0.2, 0.25) is 0 Å². The summed E-state index contributed by atoms with van der Waals surface area (Å²) in [6, 6.07) is 12.8. The molecule has 0 fully saturated rings. The molecule has 0 bridgehead atoms. The van der Waals surface area contributed by atoms with Crippen LogP contribution in [0.1, 0.15) is 42.5 Å². The van der Waals surface area contributed by atoms with Crippen molar-refractivity contribution in [3.05, 3.63) is 58.7 Å². The maximum atomic E-state index is 6.04. The molecule has 1 unspecified atom stereocenters. The molecule has 0 saturated heterocycles. The van der Waals surface area contributed by atoms with Gasteiger partial charge in [-0.2, -0.15) is 0 Å². The Morgan fingerprint density at radius 3 is 2.50 bits per heavy atom. The summed E-state index contributed by atoms with van der Waals surface area (Å²) in [6.45, 7) is 9.40. The lowest BCUT2D eigenvalue weighted by atomic mass is 10.1. The van der Waals surface area contributed by atoms with Gasteiger partial charge in [0.15, 0.2) is 11.5 Å². The van der Waals surface area contributed by atoms with Gasteiger partial charge in [-0.25, -0.2) is 0 Å². The normalized spacial score (nSPS) is 12.0. The highest BCUT2D eigenvalue weighted by molar-refractivity contribution is 5.43. The predicted octanol–water partition coefficient (Wildman–Crippen LogP) is 4.56. The molecule has 0 heterocycles. The maximum absolute atomic E-state index is 6.04. The third-order valence-corrected chi connectivity index (χ3v) is 4.08. The predicted molar refractivity (Wildman–Crippen MR) is 99.8 cm³/mol. The van der Waals surface area contributed by atoms with E-state index in [1.54, 1.807) is 0 Å². The van der Waals surface area contributed by atoms with E-state index in [1.807, 2.05) is 19.9 Å². The summed E-state index contributed by atoms with van der Waals surface area (Å²) in [5.41, 5.74) is 10.8. The average Bonchev–Trinajstić information content (AvgIpc) is 2.55. The molecule has 0 spiro atoms. The SMILES string of the molecule is CCOc1cc(CCC(C)N)ccc1OCc1cc(C)ccc1C. The van der Waals surface area contributed by atoms with Crippen LogP contribution in [0.5, 0.6) is 11.5 Å². The zero-order valence-corrected chi connectivity index (χ0v) is 15.3. The first-order chi connectivity index (χ1) is 11.5. The Morgan fingerprint density at radius 1 is 1.00 bits per heavy atom. The Bertz CT molecular complexity index is 665. The molecule has 0 aliphatic rings. The molecule has 0 aliphatic heterocycles. The van der Waals surface area contributed by atoms with E-state index in [0.29, 0.717) is 13.2 Å². The van der Waals surface area contributed by atoms with Crippen LogP contribution in [0.3, 0.4) is 0 Å².